The summed E-state index contributed by atoms with van der Waals surface area (Å²) in [5.41, 5.74) is -4.05. The molecule has 0 aliphatic carbocycles. The van der Waals surface area contributed by atoms with Crippen molar-refractivity contribution in [1.29, 1.82) is 5.26 Å². The number of cyclic esters (lactones) is 1. The molecule has 1 aliphatic rings. The molecule has 4 nitrogen and oxygen atoms in total. The Bertz CT molecular complexity index is 383. The van der Waals surface area contributed by atoms with Gasteiger partial charge in [-0.05, 0) is 0 Å². The second-order valence-corrected chi connectivity index (χ2v) is 6.87. The van der Waals surface area contributed by atoms with Crippen molar-refractivity contribution in [2.24, 2.45) is 10.8 Å². The highest BCUT2D eigenvalue weighted by molar-refractivity contribution is 5.84. The average Bonchev–Trinajstić information content (AvgIpc) is 2.39. The molecule has 17 heavy (non-hydrogen) atoms. The molecule has 1 saturated heterocycles. The van der Waals surface area contributed by atoms with Gasteiger partial charge in [-0.25, -0.2) is 4.79 Å². The lowest BCUT2D eigenvalue weighted by atomic mass is 9.67. The molecule has 0 bridgehead atoms. The van der Waals surface area contributed by atoms with E-state index in [0.29, 0.717) is 0 Å². The largest absolute Gasteiger partial charge is 0.441 e. The van der Waals surface area contributed by atoms with Crippen LogP contribution in [-0.4, -0.2) is 22.3 Å². The highest BCUT2D eigenvalue weighted by Crippen LogP contribution is 2.50. The lowest BCUT2D eigenvalue weighted by molar-refractivity contribution is -0.167. The van der Waals surface area contributed by atoms with Gasteiger partial charge >= 0.3 is 5.97 Å². The van der Waals surface area contributed by atoms with Crippen molar-refractivity contribution in [1.82, 2.24) is 0 Å². The Morgan fingerprint density at radius 1 is 1.24 bits per heavy atom. The van der Waals surface area contributed by atoms with Crippen LogP contribution in [0.25, 0.3) is 0 Å². The van der Waals surface area contributed by atoms with Crippen molar-refractivity contribution in [3.8, 4) is 6.07 Å². The molecule has 0 aromatic heterocycles. The third-order valence-electron chi connectivity index (χ3n) is 3.74. The smallest absolute Gasteiger partial charge is 0.340 e. The Balaban J connectivity index is 3.26. The van der Waals surface area contributed by atoms with Crippen LogP contribution in [-0.2, 0) is 9.53 Å². The van der Waals surface area contributed by atoms with Crippen molar-refractivity contribution in [3.63, 3.8) is 0 Å². The highest BCUT2D eigenvalue weighted by Gasteiger charge is 2.65. The molecule has 0 aromatic rings. The lowest BCUT2D eigenvalue weighted by Crippen LogP contribution is -2.48. The zero-order valence-corrected chi connectivity index (χ0v) is 11.4. The number of nitrogens with zero attached hydrogens (tertiary/aromatic N) is 1. The van der Waals surface area contributed by atoms with Gasteiger partial charge in [-0.2, -0.15) is 5.26 Å². The van der Waals surface area contributed by atoms with E-state index < -0.39 is 28.0 Å². The second-order valence-electron chi connectivity index (χ2n) is 6.87. The Kier molecular flexibility index (Phi) is 2.84. The summed E-state index contributed by atoms with van der Waals surface area (Å²) in [5.74, 6) is -0.693. The fourth-order valence-electron chi connectivity index (χ4n) is 1.93. The number of esters is 1. The molecule has 0 radical (unpaired) electrons. The molecule has 1 fully saturated rings. The molecule has 1 N–H and O–H groups in total. The van der Waals surface area contributed by atoms with E-state index in [1.807, 2.05) is 20.8 Å². The Hall–Kier alpha value is -1.08. The summed E-state index contributed by atoms with van der Waals surface area (Å²) < 4.78 is 5.25. The quantitative estimate of drug-likeness (QED) is 0.656. The van der Waals surface area contributed by atoms with Crippen LogP contribution in [0.2, 0.25) is 0 Å². The summed E-state index contributed by atoms with van der Waals surface area (Å²) >= 11 is 0. The minimum Gasteiger partial charge on any atom is -0.441 e. The van der Waals surface area contributed by atoms with Crippen LogP contribution < -0.4 is 0 Å². The summed E-state index contributed by atoms with van der Waals surface area (Å²) in [6.07, 6.45) is 0.0162. The van der Waals surface area contributed by atoms with Crippen LogP contribution in [0.15, 0.2) is 0 Å². The molecule has 0 spiro atoms. The number of ether oxygens (including phenoxy) is 1. The van der Waals surface area contributed by atoms with E-state index in [0.717, 1.165) is 0 Å². The third-order valence-corrected chi connectivity index (χ3v) is 3.74. The maximum Gasteiger partial charge on any atom is 0.340 e. The van der Waals surface area contributed by atoms with E-state index in [2.05, 4.69) is 6.07 Å². The molecule has 4 heteroatoms. The molecule has 96 valence electrons. The molecular weight excluding hydrogens is 218 g/mol. The first-order valence-corrected chi connectivity index (χ1v) is 5.77. The van der Waals surface area contributed by atoms with Gasteiger partial charge in [-0.1, -0.05) is 41.5 Å². The van der Waals surface area contributed by atoms with Crippen molar-refractivity contribution < 1.29 is 14.6 Å². The van der Waals surface area contributed by atoms with E-state index in [9.17, 15) is 15.2 Å². The molecule has 1 heterocycles. The molecule has 0 amide bonds. The summed E-state index contributed by atoms with van der Waals surface area (Å²) in [4.78, 5) is 11.9. The lowest BCUT2D eigenvalue weighted by Gasteiger charge is -2.36. The first-order chi connectivity index (χ1) is 7.40. The van der Waals surface area contributed by atoms with Crippen LogP contribution in [0.3, 0.4) is 0 Å². The van der Waals surface area contributed by atoms with E-state index in [-0.39, 0.29) is 6.42 Å². The van der Waals surface area contributed by atoms with Crippen molar-refractivity contribution in [3.05, 3.63) is 0 Å². The summed E-state index contributed by atoms with van der Waals surface area (Å²) in [7, 11) is 0. The van der Waals surface area contributed by atoms with Crippen LogP contribution in [0.5, 0.6) is 0 Å². The SMILES string of the molecule is CC(C)(C)[C@@]1(O)C[C@@](C#N)(C(C)(C)C)OC1=O. The van der Waals surface area contributed by atoms with Crippen molar-refractivity contribution in [2.45, 2.75) is 59.2 Å². The van der Waals surface area contributed by atoms with Crippen LogP contribution >= 0.6 is 0 Å². The predicted octanol–water partition coefficient (Wildman–Crippen LogP) is 2.02. The van der Waals surface area contributed by atoms with Gasteiger partial charge in [-0.15, -0.1) is 0 Å². The summed E-state index contributed by atoms with van der Waals surface area (Å²) in [6, 6.07) is 2.07. The van der Waals surface area contributed by atoms with E-state index in [1.54, 1.807) is 20.8 Å². The average molecular weight is 239 g/mol. The first-order valence-electron chi connectivity index (χ1n) is 5.77. The number of aliphatic hydroxyl groups is 1. The molecule has 0 aromatic carbocycles. The van der Waals surface area contributed by atoms with Gasteiger partial charge in [0.25, 0.3) is 0 Å². The Morgan fingerprint density at radius 2 is 1.71 bits per heavy atom. The number of carbonyl (C=O) groups excluding carboxylic acids is 1. The number of rotatable bonds is 0. The third kappa shape index (κ3) is 1.83. The van der Waals surface area contributed by atoms with Crippen LogP contribution in [0, 0.1) is 22.2 Å². The number of carbonyl (C=O) groups is 1. The van der Waals surface area contributed by atoms with Gasteiger partial charge < -0.3 is 9.84 Å². The normalized spacial score (nSPS) is 34.4. The number of hydrogen-bond donors (Lipinski definition) is 1. The van der Waals surface area contributed by atoms with Crippen molar-refractivity contribution >= 4 is 5.97 Å². The van der Waals surface area contributed by atoms with Crippen molar-refractivity contribution in [2.75, 3.05) is 0 Å². The van der Waals surface area contributed by atoms with Gasteiger partial charge in [0.05, 0.1) is 0 Å². The van der Waals surface area contributed by atoms with Gasteiger partial charge in [0.2, 0.25) is 5.60 Å². The first kappa shape index (κ1) is 14.0. The van der Waals surface area contributed by atoms with Gasteiger partial charge in [-0.3, -0.25) is 0 Å². The van der Waals surface area contributed by atoms with Gasteiger partial charge in [0.15, 0.2) is 5.60 Å². The molecule has 1 aliphatic heterocycles. The minimum absolute atomic E-state index is 0.0162. The Labute approximate surface area is 103 Å². The van der Waals surface area contributed by atoms with Crippen LogP contribution in [0.4, 0.5) is 0 Å². The van der Waals surface area contributed by atoms with Crippen LogP contribution in [0.1, 0.15) is 48.0 Å². The molecule has 0 unspecified atom stereocenters. The monoisotopic (exact) mass is 239 g/mol. The predicted molar refractivity (Wildman–Crippen MR) is 62.9 cm³/mol. The maximum atomic E-state index is 11.9. The van der Waals surface area contributed by atoms with Gasteiger partial charge in [0, 0.05) is 17.3 Å². The zero-order chi connectivity index (χ0) is 13.7. The fourth-order valence-corrected chi connectivity index (χ4v) is 1.93. The second kappa shape index (κ2) is 3.46. The van der Waals surface area contributed by atoms with E-state index in [1.165, 1.54) is 0 Å². The van der Waals surface area contributed by atoms with Gasteiger partial charge in [0.1, 0.15) is 6.07 Å². The van der Waals surface area contributed by atoms with E-state index in [4.69, 9.17) is 4.74 Å². The fraction of sp³-hybridized carbons (Fsp3) is 0.846. The maximum absolute atomic E-state index is 11.9. The number of hydrogen-bond acceptors (Lipinski definition) is 4. The summed E-state index contributed by atoms with van der Waals surface area (Å²) in [5, 5.41) is 19.8. The molecular formula is C13H21NO3. The van der Waals surface area contributed by atoms with E-state index >= 15 is 0 Å². The number of nitriles is 1. The standard InChI is InChI=1S/C13H21NO3/c1-10(2,3)12(8-14)7-13(16,9(15)17-12)11(4,5)6/h16H,7H2,1-6H3/t12-,13-/m1/s1. The highest BCUT2D eigenvalue weighted by atomic mass is 16.6. The molecule has 2 atom stereocenters. The molecule has 0 saturated carbocycles. The zero-order valence-electron chi connectivity index (χ0n) is 11.4. The molecule has 1 rings (SSSR count). The topological polar surface area (TPSA) is 70.3 Å². The Morgan fingerprint density at radius 3 is 1.88 bits per heavy atom. The minimum atomic E-state index is -1.60. The summed E-state index contributed by atoms with van der Waals surface area (Å²) in [6.45, 7) is 10.8.